The molecule has 0 radical (unpaired) electrons. The van der Waals surface area contributed by atoms with E-state index in [1.807, 2.05) is 6.92 Å². The van der Waals surface area contributed by atoms with E-state index in [9.17, 15) is 0 Å². The van der Waals surface area contributed by atoms with Crippen molar-refractivity contribution in [2.75, 3.05) is 5.32 Å². The average molecular weight is 197 g/mol. The van der Waals surface area contributed by atoms with Crippen molar-refractivity contribution in [1.82, 2.24) is 30.8 Å². The van der Waals surface area contributed by atoms with Gasteiger partial charge in [0.25, 0.3) is 5.95 Å². The summed E-state index contributed by atoms with van der Waals surface area (Å²) in [6.07, 6.45) is 0.881. The molecule has 0 saturated heterocycles. The highest BCUT2D eigenvalue weighted by Gasteiger charge is 2.04. The van der Waals surface area contributed by atoms with Gasteiger partial charge in [-0.25, -0.2) is 0 Å². The van der Waals surface area contributed by atoms with Crippen LogP contribution < -0.4 is 5.32 Å². The molecule has 0 amide bonds. The van der Waals surface area contributed by atoms with Gasteiger partial charge in [0, 0.05) is 0 Å². The molecule has 0 saturated carbocycles. The van der Waals surface area contributed by atoms with Crippen LogP contribution in [0.15, 0.2) is 0 Å². The van der Waals surface area contributed by atoms with Crippen molar-refractivity contribution in [1.29, 1.82) is 0 Å². The Kier molecular flexibility index (Phi) is 2.13. The van der Waals surface area contributed by atoms with E-state index < -0.39 is 0 Å². The Bertz CT molecular complexity index is 366. The number of aromatic nitrogens is 6. The summed E-state index contributed by atoms with van der Waals surface area (Å²) in [5.41, 5.74) is 0. The Morgan fingerprint density at radius 1 is 1.38 bits per heavy atom. The zero-order chi connectivity index (χ0) is 9.10. The number of aromatic amines is 1. The Morgan fingerprint density at radius 3 is 2.92 bits per heavy atom. The Labute approximate surface area is 77.6 Å². The van der Waals surface area contributed by atoms with Crippen molar-refractivity contribution < 1.29 is 0 Å². The molecule has 0 aliphatic heterocycles. The maximum Gasteiger partial charge on any atom is 0.269 e. The Hall–Kier alpha value is -1.57. The van der Waals surface area contributed by atoms with Gasteiger partial charge in [0.1, 0.15) is 5.01 Å². The van der Waals surface area contributed by atoms with Gasteiger partial charge in [-0.3, -0.25) is 5.32 Å². The summed E-state index contributed by atoms with van der Waals surface area (Å²) < 4.78 is 0. The minimum atomic E-state index is 0.402. The van der Waals surface area contributed by atoms with E-state index in [0.717, 1.165) is 11.4 Å². The van der Waals surface area contributed by atoms with Gasteiger partial charge in [0.05, 0.1) is 0 Å². The van der Waals surface area contributed by atoms with Crippen LogP contribution in [0.2, 0.25) is 0 Å². The second kappa shape index (κ2) is 3.44. The van der Waals surface area contributed by atoms with Crippen molar-refractivity contribution in [2.45, 2.75) is 13.3 Å². The molecule has 68 valence electrons. The molecule has 0 spiro atoms. The molecule has 0 aliphatic carbocycles. The zero-order valence-corrected chi connectivity index (χ0v) is 7.67. The fraction of sp³-hybridized carbons (Fsp3) is 0.400. The highest BCUT2D eigenvalue weighted by molar-refractivity contribution is 7.15. The third kappa shape index (κ3) is 1.78. The van der Waals surface area contributed by atoms with Crippen LogP contribution in [0.1, 0.15) is 11.9 Å². The molecule has 0 fully saturated rings. The fourth-order valence-electron chi connectivity index (χ4n) is 0.757. The summed E-state index contributed by atoms with van der Waals surface area (Å²) in [6, 6.07) is 0. The summed E-state index contributed by atoms with van der Waals surface area (Å²) in [5, 5.41) is 25.5. The van der Waals surface area contributed by atoms with Crippen molar-refractivity contribution in [3.63, 3.8) is 0 Å². The van der Waals surface area contributed by atoms with Crippen molar-refractivity contribution in [2.24, 2.45) is 0 Å². The SMILES string of the molecule is CCc1nnc(Nc2nn[nH]n2)s1. The van der Waals surface area contributed by atoms with Gasteiger partial charge >= 0.3 is 0 Å². The second-order valence-electron chi connectivity index (χ2n) is 2.21. The van der Waals surface area contributed by atoms with Crippen LogP contribution in [-0.2, 0) is 6.42 Å². The first-order valence-corrected chi connectivity index (χ1v) is 4.53. The summed E-state index contributed by atoms with van der Waals surface area (Å²) in [6.45, 7) is 2.03. The van der Waals surface area contributed by atoms with Gasteiger partial charge in [-0.1, -0.05) is 23.4 Å². The van der Waals surface area contributed by atoms with E-state index >= 15 is 0 Å². The predicted octanol–water partition coefficient (Wildman–Crippen LogP) is 0.357. The van der Waals surface area contributed by atoms with E-state index in [1.54, 1.807) is 0 Å². The van der Waals surface area contributed by atoms with Gasteiger partial charge in [-0.15, -0.1) is 15.3 Å². The smallest absolute Gasteiger partial charge is 0.269 e. The third-order valence-corrected chi connectivity index (χ3v) is 2.32. The van der Waals surface area contributed by atoms with Gasteiger partial charge in [-0.2, -0.15) is 5.21 Å². The van der Waals surface area contributed by atoms with E-state index in [2.05, 4.69) is 36.1 Å². The number of H-pyrrole nitrogens is 1. The number of nitrogens with zero attached hydrogens (tertiary/aromatic N) is 5. The van der Waals surface area contributed by atoms with E-state index in [0.29, 0.717) is 11.1 Å². The lowest BCUT2D eigenvalue weighted by Crippen LogP contribution is -1.91. The van der Waals surface area contributed by atoms with Gasteiger partial charge < -0.3 is 0 Å². The number of hydrogen-bond acceptors (Lipinski definition) is 7. The molecule has 13 heavy (non-hydrogen) atoms. The first-order chi connectivity index (χ1) is 6.38. The highest BCUT2D eigenvalue weighted by Crippen LogP contribution is 2.17. The number of nitrogens with one attached hydrogen (secondary N) is 2. The van der Waals surface area contributed by atoms with Crippen molar-refractivity contribution in [3.8, 4) is 0 Å². The first-order valence-electron chi connectivity index (χ1n) is 3.71. The normalized spacial score (nSPS) is 10.2. The highest BCUT2D eigenvalue weighted by atomic mass is 32.1. The van der Waals surface area contributed by atoms with Crippen LogP contribution in [0.4, 0.5) is 11.1 Å². The molecule has 0 bridgehead atoms. The summed E-state index contributed by atoms with van der Waals surface area (Å²) in [5.74, 6) is 0.402. The van der Waals surface area contributed by atoms with Gasteiger partial charge in [-0.05, 0) is 11.6 Å². The second-order valence-corrected chi connectivity index (χ2v) is 3.28. The summed E-state index contributed by atoms with van der Waals surface area (Å²) in [7, 11) is 0. The molecular weight excluding hydrogens is 190 g/mol. The Balaban J connectivity index is 2.10. The van der Waals surface area contributed by atoms with Crippen molar-refractivity contribution >= 4 is 22.4 Å². The fourth-order valence-corrected chi connectivity index (χ4v) is 1.43. The molecule has 0 aromatic carbocycles. The van der Waals surface area contributed by atoms with Gasteiger partial charge in [0.2, 0.25) is 5.13 Å². The first kappa shape index (κ1) is 8.05. The lowest BCUT2D eigenvalue weighted by Gasteiger charge is -1.89. The maximum absolute atomic E-state index is 3.94. The minimum Gasteiger partial charge on any atom is -0.296 e. The number of hydrogen-bond donors (Lipinski definition) is 2. The topological polar surface area (TPSA) is 92.3 Å². The number of anilines is 2. The molecule has 2 heterocycles. The van der Waals surface area contributed by atoms with Crippen LogP contribution in [0.3, 0.4) is 0 Å². The molecule has 2 aromatic heterocycles. The number of rotatable bonds is 3. The predicted molar refractivity (Wildman–Crippen MR) is 46.7 cm³/mol. The monoisotopic (exact) mass is 197 g/mol. The largest absolute Gasteiger partial charge is 0.296 e. The molecular formula is C5H7N7S. The molecule has 8 heteroatoms. The van der Waals surface area contributed by atoms with Crippen LogP contribution in [0.5, 0.6) is 0 Å². The van der Waals surface area contributed by atoms with E-state index in [4.69, 9.17) is 0 Å². The lowest BCUT2D eigenvalue weighted by atomic mass is 10.5. The molecule has 2 rings (SSSR count). The molecule has 0 aliphatic rings. The molecule has 0 unspecified atom stereocenters. The summed E-state index contributed by atoms with van der Waals surface area (Å²) >= 11 is 1.48. The van der Waals surface area contributed by atoms with Crippen LogP contribution in [-0.4, -0.2) is 30.8 Å². The molecule has 2 N–H and O–H groups in total. The van der Waals surface area contributed by atoms with Crippen LogP contribution in [0.25, 0.3) is 0 Å². The van der Waals surface area contributed by atoms with Crippen LogP contribution >= 0.6 is 11.3 Å². The molecule has 2 aromatic rings. The number of tetrazole rings is 1. The third-order valence-electron chi connectivity index (χ3n) is 1.33. The minimum absolute atomic E-state index is 0.402. The number of aryl methyl sites for hydroxylation is 1. The van der Waals surface area contributed by atoms with E-state index in [-0.39, 0.29) is 0 Å². The Morgan fingerprint density at radius 2 is 2.31 bits per heavy atom. The quantitative estimate of drug-likeness (QED) is 0.737. The van der Waals surface area contributed by atoms with E-state index in [1.165, 1.54) is 11.3 Å². The molecule has 0 atom stereocenters. The summed E-state index contributed by atoms with van der Waals surface area (Å²) in [4.78, 5) is 0. The van der Waals surface area contributed by atoms with Gasteiger partial charge in [0.15, 0.2) is 0 Å². The lowest BCUT2D eigenvalue weighted by molar-refractivity contribution is 0.881. The zero-order valence-electron chi connectivity index (χ0n) is 6.85. The maximum atomic E-state index is 3.94. The average Bonchev–Trinajstić information content (AvgIpc) is 2.76. The van der Waals surface area contributed by atoms with Crippen molar-refractivity contribution in [3.05, 3.63) is 5.01 Å². The van der Waals surface area contributed by atoms with Crippen LogP contribution in [0, 0.1) is 0 Å². The standard InChI is InChI=1S/C5H7N7S/c1-2-3-7-10-5(13-3)6-4-8-11-12-9-4/h2H2,1H3,(H2,6,8,9,10,11,12). The molecule has 7 nitrogen and oxygen atoms in total.